The van der Waals surface area contributed by atoms with Gasteiger partial charge in [-0.3, -0.25) is 4.79 Å². The average molecular weight is 252 g/mol. The molecule has 0 heterocycles. The maximum atomic E-state index is 11.9. The molecule has 0 bridgehead atoms. The molecule has 0 unspecified atom stereocenters. The van der Waals surface area contributed by atoms with Gasteiger partial charge in [0.05, 0.1) is 12.2 Å². The summed E-state index contributed by atoms with van der Waals surface area (Å²) < 4.78 is 10.1. The van der Waals surface area contributed by atoms with E-state index in [9.17, 15) is 9.59 Å². The Morgan fingerprint density at radius 1 is 1.28 bits per heavy atom. The number of ketones is 1. The molecule has 0 amide bonds. The topological polar surface area (TPSA) is 72.8 Å². The monoisotopic (exact) mass is 252 g/mol. The van der Waals surface area contributed by atoms with Crippen molar-refractivity contribution in [3.05, 3.63) is 29.3 Å². The normalized spacial score (nSPS) is 10.1. The Kier molecular flexibility index (Phi) is 5.32. The maximum absolute atomic E-state index is 11.9. The molecule has 1 N–H and O–H groups in total. The molecule has 0 aromatic heterocycles. The molecule has 0 spiro atoms. The van der Waals surface area contributed by atoms with Crippen LogP contribution in [0.25, 0.3) is 0 Å². The van der Waals surface area contributed by atoms with Gasteiger partial charge in [-0.05, 0) is 26.0 Å². The number of hydrogen-bond donors (Lipinski definition) is 1. The van der Waals surface area contributed by atoms with E-state index in [1.807, 2.05) is 19.9 Å². The molecule has 5 heteroatoms. The number of ether oxygens (including phenoxy) is 2. The number of carboxylic acids is 1. The van der Waals surface area contributed by atoms with Crippen molar-refractivity contribution < 1.29 is 24.2 Å². The highest BCUT2D eigenvalue weighted by molar-refractivity contribution is 5.99. The molecule has 0 aliphatic carbocycles. The molecular weight excluding hydrogens is 236 g/mol. The Balaban J connectivity index is 2.76. The summed E-state index contributed by atoms with van der Waals surface area (Å²) in [5.74, 6) is -0.896. The van der Waals surface area contributed by atoms with Gasteiger partial charge in [0, 0.05) is 0 Å². The minimum atomic E-state index is -1.10. The van der Waals surface area contributed by atoms with Gasteiger partial charge >= 0.3 is 5.97 Å². The number of carbonyl (C=O) groups excluding carboxylic acids is 1. The van der Waals surface area contributed by atoms with Gasteiger partial charge in [-0.15, -0.1) is 0 Å². The third kappa shape index (κ3) is 4.18. The van der Waals surface area contributed by atoms with Crippen LogP contribution in [0.2, 0.25) is 0 Å². The maximum Gasteiger partial charge on any atom is 0.329 e. The predicted octanol–water partition coefficient (Wildman–Crippen LogP) is 1.68. The van der Waals surface area contributed by atoms with Gasteiger partial charge in [0.15, 0.2) is 5.78 Å². The summed E-state index contributed by atoms with van der Waals surface area (Å²) in [6.45, 7) is 3.40. The van der Waals surface area contributed by atoms with Crippen LogP contribution >= 0.6 is 0 Å². The minimum Gasteiger partial charge on any atom is -0.493 e. The molecule has 1 aromatic carbocycles. The van der Waals surface area contributed by atoms with E-state index >= 15 is 0 Å². The van der Waals surface area contributed by atoms with E-state index in [2.05, 4.69) is 0 Å². The standard InChI is InChI=1S/C13H16O5/c1-3-18-12-5-4-9(2)6-10(12)11(14)7-17-8-13(15)16/h4-6H,3,7-8H2,1-2H3,(H,15,16). The first-order valence-corrected chi connectivity index (χ1v) is 5.60. The molecule has 0 radical (unpaired) electrons. The van der Waals surface area contributed by atoms with E-state index < -0.39 is 12.6 Å². The van der Waals surface area contributed by atoms with Crippen LogP contribution in [0, 0.1) is 6.92 Å². The Hall–Kier alpha value is -1.88. The summed E-state index contributed by atoms with van der Waals surface area (Å²) in [6.07, 6.45) is 0. The largest absolute Gasteiger partial charge is 0.493 e. The number of aryl methyl sites for hydroxylation is 1. The van der Waals surface area contributed by atoms with Crippen LogP contribution in [0.15, 0.2) is 18.2 Å². The molecule has 0 fully saturated rings. The van der Waals surface area contributed by atoms with Gasteiger partial charge in [-0.1, -0.05) is 11.6 Å². The van der Waals surface area contributed by atoms with E-state index in [4.69, 9.17) is 14.6 Å². The van der Waals surface area contributed by atoms with Crippen LogP contribution in [-0.4, -0.2) is 36.7 Å². The van der Waals surface area contributed by atoms with Crippen molar-refractivity contribution in [2.45, 2.75) is 13.8 Å². The Labute approximate surface area is 105 Å². The first-order valence-electron chi connectivity index (χ1n) is 5.60. The zero-order valence-corrected chi connectivity index (χ0v) is 10.4. The van der Waals surface area contributed by atoms with Crippen LogP contribution in [0.4, 0.5) is 0 Å². The van der Waals surface area contributed by atoms with Gasteiger partial charge in [0.1, 0.15) is 19.0 Å². The number of Topliss-reactive ketones (excluding diaryl/α,β-unsaturated/α-hetero) is 1. The molecule has 0 aliphatic heterocycles. The van der Waals surface area contributed by atoms with Gasteiger partial charge in [-0.25, -0.2) is 4.79 Å². The summed E-state index contributed by atoms with van der Waals surface area (Å²) in [5.41, 5.74) is 1.35. The molecule has 18 heavy (non-hydrogen) atoms. The predicted molar refractivity (Wildman–Crippen MR) is 65.1 cm³/mol. The molecule has 5 nitrogen and oxygen atoms in total. The molecule has 0 saturated carbocycles. The van der Waals surface area contributed by atoms with E-state index in [0.717, 1.165) is 5.56 Å². The smallest absolute Gasteiger partial charge is 0.329 e. The number of rotatable bonds is 7. The third-order valence-corrected chi connectivity index (χ3v) is 2.19. The SMILES string of the molecule is CCOc1ccc(C)cc1C(=O)COCC(=O)O. The quantitative estimate of drug-likeness (QED) is 0.747. The van der Waals surface area contributed by atoms with Crippen LogP contribution in [-0.2, 0) is 9.53 Å². The lowest BCUT2D eigenvalue weighted by atomic mass is 10.1. The van der Waals surface area contributed by atoms with Crippen molar-refractivity contribution in [1.29, 1.82) is 0 Å². The lowest BCUT2D eigenvalue weighted by Gasteiger charge is -2.10. The molecular formula is C13H16O5. The average Bonchev–Trinajstić information content (AvgIpc) is 2.31. The summed E-state index contributed by atoms with van der Waals surface area (Å²) >= 11 is 0. The van der Waals surface area contributed by atoms with Crippen molar-refractivity contribution in [2.24, 2.45) is 0 Å². The Morgan fingerprint density at radius 2 is 2.00 bits per heavy atom. The number of carbonyl (C=O) groups is 2. The fourth-order valence-electron chi connectivity index (χ4n) is 1.45. The molecule has 1 aromatic rings. The van der Waals surface area contributed by atoms with Crippen molar-refractivity contribution in [3.63, 3.8) is 0 Å². The highest BCUT2D eigenvalue weighted by Crippen LogP contribution is 2.20. The molecule has 1 rings (SSSR count). The molecule has 98 valence electrons. The Bertz CT molecular complexity index is 439. The van der Waals surface area contributed by atoms with Crippen molar-refractivity contribution in [1.82, 2.24) is 0 Å². The first-order chi connectivity index (χ1) is 8.54. The van der Waals surface area contributed by atoms with E-state index in [-0.39, 0.29) is 12.4 Å². The number of carboxylic acid groups (broad SMARTS) is 1. The molecule has 0 saturated heterocycles. The number of hydrogen-bond acceptors (Lipinski definition) is 4. The molecule has 0 atom stereocenters. The summed E-state index contributed by atoms with van der Waals surface area (Å²) in [7, 11) is 0. The van der Waals surface area contributed by atoms with E-state index in [1.54, 1.807) is 12.1 Å². The zero-order valence-electron chi connectivity index (χ0n) is 10.4. The minimum absolute atomic E-state index is 0.268. The van der Waals surface area contributed by atoms with Crippen molar-refractivity contribution >= 4 is 11.8 Å². The lowest BCUT2D eigenvalue weighted by Crippen LogP contribution is -2.15. The molecule has 0 aliphatic rings. The van der Waals surface area contributed by atoms with E-state index in [0.29, 0.717) is 17.9 Å². The lowest BCUT2D eigenvalue weighted by molar-refractivity contribution is -0.141. The van der Waals surface area contributed by atoms with Gasteiger partial charge in [-0.2, -0.15) is 0 Å². The zero-order chi connectivity index (χ0) is 13.5. The van der Waals surface area contributed by atoms with E-state index in [1.165, 1.54) is 0 Å². The highest BCUT2D eigenvalue weighted by atomic mass is 16.5. The van der Waals surface area contributed by atoms with Crippen LogP contribution in [0.5, 0.6) is 5.75 Å². The van der Waals surface area contributed by atoms with Crippen molar-refractivity contribution in [3.8, 4) is 5.75 Å². The Morgan fingerprint density at radius 3 is 2.61 bits per heavy atom. The fraction of sp³-hybridized carbons (Fsp3) is 0.385. The number of benzene rings is 1. The summed E-state index contributed by atoms with van der Waals surface area (Å²) in [6, 6.07) is 5.28. The second kappa shape index (κ2) is 6.76. The van der Waals surface area contributed by atoms with Gasteiger partial charge in [0.2, 0.25) is 0 Å². The first kappa shape index (κ1) is 14.2. The third-order valence-electron chi connectivity index (χ3n) is 2.19. The van der Waals surface area contributed by atoms with Crippen molar-refractivity contribution in [2.75, 3.05) is 19.8 Å². The summed E-state index contributed by atoms with van der Waals surface area (Å²) in [4.78, 5) is 22.2. The van der Waals surface area contributed by atoms with Crippen LogP contribution < -0.4 is 4.74 Å². The van der Waals surface area contributed by atoms with Crippen LogP contribution in [0.3, 0.4) is 0 Å². The van der Waals surface area contributed by atoms with Crippen LogP contribution in [0.1, 0.15) is 22.8 Å². The number of aliphatic carboxylic acids is 1. The van der Waals surface area contributed by atoms with Gasteiger partial charge in [0.25, 0.3) is 0 Å². The second-order valence-electron chi connectivity index (χ2n) is 3.74. The van der Waals surface area contributed by atoms with Gasteiger partial charge < -0.3 is 14.6 Å². The fourth-order valence-corrected chi connectivity index (χ4v) is 1.45. The second-order valence-corrected chi connectivity index (χ2v) is 3.74. The highest BCUT2D eigenvalue weighted by Gasteiger charge is 2.13. The summed E-state index contributed by atoms with van der Waals surface area (Å²) in [5, 5.41) is 8.42.